The normalized spacial score (nSPS) is 12.6. The molecule has 228 valence electrons. The number of ether oxygens (including phenoxy) is 1. The number of nitrogens with two attached hydrogens (primary N) is 1. The van der Waals surface area contributed by atoms with Crippen molar-refractivity contribution in [1.82, 2.24) is 14.2 Å². The second-order valence-corrected chi connectivity index (χ2v) is 11.1. The van der Waals surface area contributed by atoms with Gasteiger partial charge in [-0.25, -0.2) is 15.0 Å². The summed E-state index contributed by atoms with van der Waals surface area (Å²) in [5.41, 5.74) is 17.2. The Morgan fingerprint density at radius 2 is 1.71 bits per heavy atom. The second kappa shape index (κ2) is 15.1. The number of rotatable bonds is 10. The fourth-order valence-corrected chi connectivity index (χ4v) is 5.51. The zero-order valence-electron chi connectivity index (χ0n) is 24.3. The molecule has 0 saturated heterocycles. The van der Waals surface area contributed by atoms with Gasteiger partial charge in [0.2, 0.25) is 0 Å². The molecule has 0 radical (unpaired) electrons. The van der Waals surface area contributed by atoms with Crippen LogP contribution >= 0.6 is 23.5 Å². The van der Waals surface area contributed by atoms with Crippen molar-refractivity contribution in [3.05, 3.63) is 113 Å². The van der Waals surface area contributed by atoms with Crippen molar-refractivity contribution in [2.75, 3.05) is 0 Å². The minimum atomic E-state index is -2.88. The molecule has 4 aromatic carbocycles. The summed E-state index contributed by atoms with van der Waals surface area (Å²) in [5, 5.41) is 5.10. The van der Waals surface area contributed by atoms with E-state index in [0.717, 1.165) is 39.0 Å². The highest BCUT2D eigenvalue weighted by Gasteiger charge is 2.09. The highest BCUT2D eigenvalue weighted by atomic mass is 32.2. The van der Waals surface area contributed by atoms with Gasteiger partial charge in [0.15, 0.2) is 5.17 Å². The van der Waals surface area contributed by atoms with Gasteiger partial charge < -0.3 is 10.5 Å². The van der Waals surface area contributed by atoms with E-state index >= 15 is 0 Å². The van der Waals surface area contributed by atoms with E-state index in [1.54, 1.807) is 6.21 Å². The minimum absolute atomic E-state index is 0.0525. The van der Waals surface area contributed by atoms with Gasteiger partial charge >= 0.3 is 6.61 Å². The van der Waals surface area contributed by atoms with E-state index in [2.05, 4.69) is 34.0 Å². The maximum atomic E-state index is 12.3. The van der Waals surface area contributed by atoms with Crippen LogP contribution in [0.4, 0.5) is 20.2 Å². The molecule has 0 atom stereocenters. The molecule has 13 heteroatoms. The van der Waals surface area contributed by atoms with E-state index in [0.29, 0.717) is 22.2 Å². The van der Waals surface area contributed by atoms with Crippen LogP contribution in [0.25, 0.3) is 11.0 Å². The molecule has 0 amide bonds. The largest absolute Gasteiger partial charge is 0.435 e. The number of halogens is 2. The van der Waals surface area contributed by atoms with Gasteiger partial charge in [-0.2, -0.15) is 22.6 Å². The maximum Gasteiger partial charge on any atom is 0.387 e. The molecule has 1 aromatic heterocycles. The number of hydrazone groups is 1. The number of amidine groups is 2. The molecule has 0 fully saturated rings. The van der Waals surface area contributed by atoms with Crippen molar-refractivity contribution in [3.63, 3.8) is 0 Å². The number of fused-ring (bicyclic) bond motifs is 1. The average molecular weight is 643 g/mol. The number of thioether (sulfide) groups is 1. The van der Waals surface area contributed by atoms with Crippen LogP contribution < -0.4 is 15.9 Å². The molecule has 0 saturated carbocycles. The Hall–Kier alpha value is -5.01. The number of nitrogens with zero attached hydrogens (tertiary/aromatic N) is 6. The Morgan fingerprint density at radius 1 is 0.978 bits per heavy atom. The predicted molar refractivity (Wildman–Crippen MR) is 181 cm³/mol. The Bertz CT molecular complexity index is 1850. The van der Waals surface area contributed by atoms with Crippen LogP contribution in [0.15, 0.2) is 105 Å². The van der Waals surface area contributed by atoms with E-state index in [-0.39, 0.29) is 11.6 Å². The van der Waals surface area contributed by atoms with Crippen LogP contribution in [-0.2, 0) is 5.75 Å². The van der Waals surface area contributed by atoms with E-state index in [4.69, 9.17) is 10.7 Å². The third-order valence-corrected chi connectivity index (χ3v) is 7.89. The zero-order chi connectivity index (χ0) is 31.6. The zero-order valence-corrected chi connectivity index (χ0v) is 25.9. The molecule has 5 aromatic rings. The van der Waals surface area contributed by atoms with Crippen LogP contribution in [0.3, 0.4) is 0 Å². The molecule has 0 aliphatic carbocycles. The standard InChI is InChI=1S/C32H28F2N8OS2/c1-20-5-3-6-21(2)28(20)39-32(44-18-24-7-4-8-27-29(24)42-45-41-27)40-38-17-22-9-11-23(12-10-22)30(35)37-19-36-25-13-15-26(16-14-25)43-31(33)34/h3-17,19,31H,18H2,1-2H3,(H,39,40)(H2,35,36,37)/b38-17-. The lowest BCUT2D eigenvalue weighted by Gasteiger charge is -2.09. The first kappa shape index (κ1) is 31.4. The number of para-hydroxylation sites is 1. The summed E-state index contributed by atoms with van der Waals surface area (Å²) >= 11 is 2.74. The average Bonchev–Trinajstić information content (AvgIpc) is 3.52. The van der Waals surface area contributed by atoms with Crippen LogP contribution in [-0.4, -0.2) is 38.9 Å². The summed E-state index contributed by atoms with van der Waals surface area (Å²) < 4.78 is 37.7. The van der Waals surface area contributed by atoms with Crippen molar-refractivity contribution in [1.29, 1.82) is 0 Å². The Kier molecular flexibility index (Phi) is 10.6. The Balaban J connectivity index is 1.24. The van der Waals surface area contributed by atoms with Crippen LogP contribution in [0.2, 0.25) is 0 Å². The third kappa shape index (κ3) is 8.77. The highest BCUT2D eigenvalue weighted by Crippen LogP contribution is 2.27. The van der Waals surface area contributed by atoms with Crippen molar-refractivity contribution < 1.29 is 13.5 Å². The first-order chi connectivity index (χ1) is 21.9. The molecule has 5 rings (SSSR count). The number of nitrogens with one attached hydrogen (secondary N) is 1. The topological polar surface area (TPSA) is 122 Å². The van der Waals surface area contributed by atoms with Gasteiger partial charge in [-0.15, -0.1) is 0 Å². The summed E-state index contributed by atoms with van der Waals surface area (Å²) in [6, 6.07) is 25.3. The summed E-state index contributed by atoms with van der Waals surface area (Å²) in [7, 11) is 0. The van der Waals surface area contributed by atoms with Crippen molar-refractivity contribution in [2.45, 2.75) is 26.2 Å². The number of hydrogen-bond acceptors (Lipinski definition) is 8. The predicted octanol–water partition coefficient (Wildman–Crippen LogP) is 7.52. The lowest BCUT2D eigenvalue weighted by Crippen LogP contribution is -2.15. The number of aryl methyl sites for hydroxylation is 2. The Morgan fingerprint density at radius 3 is 2.44 bits per heavy atom. The number of hydrogen-bond donors (Lipinski definition) is 2. The Labute approximate surface area is 267 Å². The molecule has 1 heterocycles. The number of aliphatic imine (C=N–C) groups is 3. The van der Waals surface area contributed by atoms with Gasteiger partial charge in [0.05, 0.1) is 29.3 Å². The van der Waals surface area contributed by atoms with Gasteiger partial charge in [0.25, 0.3) is 0 Å². The molecule has 45 heavy (non-hydrogen) atoms. The fourth-order valence-electron chi connectivity index (χ4n) is 4.15. The molecule has 0 aliphatic rings. The molecule has 0 spiro atoms. The van der Waals surface area contributed by atoms with Gasteiger partial charge in [-0.3, -0.25) is 5.43 Å². The van der Waals surface area contributed by atoms with Crippen LogP contribution in [0.1, 0.15) is 27.8 Å². The van der Waals surface area contributed by atoms with E-state index < -0.39 is 6.61 Å². The summed E-state index contributed by atoms with van der Waals surface area (Å²) in [6.45, 7) is 1.19. The smallest absolute Gasteiger partial charge is 0.387 e. The SMILES string of the molecule is Cc1cccc(C)c1N=C(N/N=C\c1ccc(C(N)=NC=Nc2ccc(OC(F)F)cc2)cc1)SCc1cccc2nsnc12. The van der Waals surface area contributed by atoms with Crippen molar-refractivity contribution in [2.24, 2.45) is 25.8 Å². The first-order valence-corrected chi connectivity index (χ1v) is 15.4. The molecular formula is C32H28F2N8OS2. The fraction of sp³-hybridized carbons (Fsp3) is 0.125. The second-order valence-electron chi connectivity index (χ2n) is 9.62. The summed E-state index contributed by atoms with van der Waals surface area (Å²) in [6.07, 6.45) is 3.00. The van der Waals surface area contributed by atoms with Gasteiger partial charge in [0.1, 0.15) is 29.0 Å². The van der Waals surface area contributed by atoms with Crippen molar-refractivity contribution >= 4 is 69.5 Å². The third-order valence-electron chi connectivity index (χ3n) is 6.43. The van der Waals surface area contributed by atoms with Crippen LogP contribution in [0.5, 0.6) is 5.75 Å². The minimum Gasteiger partial charge on any atom is -0.435 e. The van der Waals surface area contributed by atoms with Gasteiger partial charge in [-0.1, -0.05) is 66.4 Å². The molecular weight excluding hydrogens is 615 g/mol. The summed E-state index contributed by atoms with van der Waals surface area (Å²) in [4.78, 5) is 13.3. The molecule has 0 aliphatic heterocycles. The quantitative estimate of drug-likeness (QED) is 0.0923. The van der Waals surface area contributed by atoms with Gasteiger partial charge in [0, 0.05) is 11.3 Å². The maximum absolute atomic E-state index is 12.3. The van der Waals surface area contributed by atoms with Gasteiger partial charge in [-0.05, 0) is 66.4 Å². The highest BCUT2D eigenvalue weighted by molar-refractivity contribution is 8.13. The molecule has 9 nitrogen and oxygen atoms in total. The number of aromatic nitrogens is 2. The van der Waals surface area contributed by atoms with Crippen LogP contribution in [0, 0.1) is 13.8 Å². The summed E-state index contributed by atoms with van der Waals surface area (Å²) in [5.74, 6) is 0.962. The first-order valence-electron chi connectivity index (χ1n) is 13.6. The monoisotopic (exact) mass is 642 g/mol. The van der Waals surface area contributed by atoms with Crippen molar-refractivity contribution in [3.8, 4) is 5.75 Å². The number of benzene rings is 4. The molecule has 0 bridgehead atoms. The lowest BCUT2D eigenvalue weighted by atomic mass is 10.1. The van der Waals surface area contributed by atoms with E-state index in [9.17, 15) is 8.78 Å². The number of alkyl halides is 2. The molecule has 0 unspecified atom stereocenters. The molecule has 3 N–H and O–H groups in total. The van der Waals surface area contributed by atoms with E-state index in [1.807, 2.05) is 74.5 Å². The lowest BCUT2D eigenvalue weighted by molar-refractivity contribution is -0.0498. The van der Waals surface area contributed by atoms with E-state index in [1.165, 1.54) is 54.1 Å².